The van der Waals surface area contributed by atoms with Crippen LogP contribution < -0.4 is 5.73 Å². The molecule has 0 aromatic carbocycles. The minimum atomic E-state index is 0.553. The van der Waals surface area contributed by atoms with Gasteiger partial charge in [0.2, 0.25) is 0 Å². The van der Waals surface area contributed by atoms with E-state index in [9.17, 15) is 0 Å². The molecule has 0 bridgehead atoms. The molecule has 2 heterocycles. The lowest BCUT2D eigenvalue weighted by Crippen LogP contribution is -2.48. The Morgan fingerprint density at radius 3 is 3.13 bits per heavy atom. The SMILES string of the molecule is CC1CCCC(CN)N1Cc1nccs1. The van der Waals surface area contributed by atoms with E-state index in [1.807, 2.05) is 11.6 Å². The van der Waals surface area contributed by atoms with Crippen LogP contribution in [0.15, 0.2) is 11.6 Å². The van der Waals surface area contributed by atoms with E-state index in [-0.39, 0.29) is 0 Å². The van der Waals surface area contributed by atoms with E-state index >= 15 is 0 Å². The Hall–Kier alpha value is -0.450. The number of nitrogens with two attached hydrogens (primary N) is 1. The summed E-state index contributed by atoms with van der Waals surface area (Å²) in [6, 6.07) is 1.20. The number of rotatable bonds is 3. The molecule has 1 aromatic rings. The fourth-order valence-electron chi connectivity index (χ4n) is 2.37. The molecule has 2 rings (SSSR count). The molecule has 1 fully saturated rings. The molecule has 3 nitrogen and oxygen atoms in total. The number of aromatic nitrogens is 1. The third-order valence-corrected chi connectivity index (χ3v) is 4.03. The van der Waals surface area contributed by atoms with Crippen LogP contribution in [0.5, 0.6) is 0 Å². The monoisotopic (exact) mass is 225 g/mol. The second kappa shape index (κ2) is 5.05. The minimum Gasteiger partial charge on any atom is -0.329 e. The fourth-order valence-corrected chi connectivity index (χ4v) is 2.99. The molecule has 0 radical (unpaired) electrons. The third kappa shape index (κ3) is 2.56. The molecule has 2 unspecified atom stereocenters. The highest BCUT2D eigenvalue weighted by atomic mass is 32.1. The predicted molar refractivity (Wildman–Crippen MR) is 63.8 cm³/mol. The molecule has 0 saturated carbocycles. The first-order valence-electron chi connectivity index (χ1n) is 5.65. The number of piperidine rings is 1. The van der Waals surface area contributed by atoms with Gasteiger partial charge >= 0.3 is 0 Å². The van der Waals surface area contributed by atoms with Crippen LogP contribution in [0.4, 0.5) is 0 Å². The van der Waals surface area contributed by atoms with Crippen LogP contribution >= 0.6 is 11.3 Å². The Bertz CT molecular complexity index is 286. The van der Waals surface area contributed by atoms with Crippen molar-refractivity contribution in [1.29, 1.82) is 0 Å². The quantitative estimate of drug-likeness (QED) is 0.853. The summed E-state index contributed by atoms with van der Waals surface area (Å²) in [5, 5.41) is 3.25. The Morgan fingerprint density at radius 2 is 2.47 bits per heavy atom. The number of hydrogen-bond acceptors (Lipinski definition) is 4. The van der Waals surface area contributed by atoms with E-state index in [1.54, 1.807) is 11.3 Å². The van der Waals surface area contributed by atoms with Gasteiger partial charge < -0.3 is 5.73 Å². The summed E-state index contributed by atoms with van der Waals surface area (Å²) >= 11 is 1.74. The molecular weight excluding hydrogens is 206 g/mol. The highest BCUT2D eigenvalue weighted by molar-refractivity contribution is 7.09. The maximum atomic E-state index is 5.83. The molecule has 2 N–H and O–H groups in total. The minimum absolute atomic E-state index is 0.553. The number of nitrogens with zero attached hydrogens (tertiary/aromatic N) is 2. The average molecular weight is 225 g/mol. The van der Waals surface area contributed by atoms with Gasteiger partial charge in [0.25, 0.3) is 0 Å². The predicted octanol–water partition coefficient (Wildman–Crippen LogP) is 1.84. The second-order valence-electron chi connectivity index (χ2n) is 4.27. The molecular formula is C11H19N3S. The summed E-state index contributed by atoms with van der Waals surface area (Å²) < 4.78 is 0. The van der Waals surface area contributed by atoms with Crippen molar-refractivity contribution in [3.05, 3.63) is 16.6 Å². The summed E-state index contributed by atoms with van der Waals surface area (Å²) in [5.74, 6) is 0. The first-order chi connectivity index (χ1) is 7.31. The maximum absolute atomic E-state index is 5.83. The van der Waals surface area contributed by atoms with Gasteiger partial charge in [-0.2, -0.15) is 0 Å². The van der Waals surface area contributed by atoms with Gasteiger partial charge in [0.15, 0.2) is 0 Å². The lowest BCUT2D eigenvalue weighted by molar-refractivity contribution is 0.0891. The smallest absolute Gasteiger partial charge is 0.107 e. The first kappa shape index (κ1) is 11.0. The molecule has 84 valence electrons. The zero-order valence-corrected chi connectivity index (χ0v) is 10.0. The Balaban J connectivity index is 2.03. The van der Waals surface area contributed by atoms with Gasteiger partial charge in [-0.25, -0.2) is 4.98 Å². The summed E-state index contributed by atoms with van der Waals surface area (Å²) in [6.45, 7) is 4.05. The van der Waals surface area contributed by atoms with E-state index in [2.05, 4.69) is 16.8 Å². The molecule has 1 aliphatic heterocycles. The molecule has 4 heteroatoms. The lowest BCUT2D eigenvalue weighted by atomic mass is 9.96. The van der Waals surface area contributed by atoms with Crippen molar-refractivity contribution in [1.82, 2.24) is 9.88 Å². The van der Waals surface area contributed by atoms with Crippen molar-refractivity contribution in [3.63, 3.8) is 0 Å². The third-order valence-electron chi connectivity index (χ3n) is 3.27. The van der Waals surface area contributed by atoms with Crippen LogP contribution in [0, 0.1) is 0 Å². The van der Waals surface area contributed by atoms with Gasteiger partial charge in [-0.15, -0.1) is 11.3 Å². The molecule has 0 spiro atoms. The summed E-state index contributed by atoms with van der Waals surface area (Å²) in [6.07, 6.45) is 5.73. The van der Waals surface area contributed by atoms with Gasteiger partial charge in [0, 0.05) is 30.2 Å². The molecule has 1 aliphatic rings. The molecule has 0 amide bonds. The van der Waals surface area contributed by atoms with Crippen molar-refractivity contribution in [2.24, 2.45) is 5.73 Å². The van der Waals surface area contributed by atoms with Crippen molar-refractivity contribution in [2.75, 3.05) is 6.54 Å². The average Bonchev–Trinajstić information content (AvgIpc) is 2.74. The molecule has 2 atom stereocenters. The highest BCUT2D eigenvalue weighted by Gasteiger charge is 2.27. The number of hydrogen-bond donors (Lipinski definition) is 1. The Kier molecular flexibility index (Phi) is 3.72. The molecule has 15 heavy (non-hydrogen) atoms. The van der Waals surface area contributed by atoms with E-state index < -0.39 is 0 Å². The Morgan fingerprint density at radius 1 is 1.60 bits per heavy atom. The van der Waals surface area contributed by atoms with Gasteiger partial charge in [0.1, 0.15) is 5.01 Å². The van der Waals surface area contributed by atoms with E-state index in [0.29, 0.717) is 12.1 Å². The number of likely N-dealkylation sites (tertiary alicyclic amines) is 1. The van der Waals surface area contributed by atoms with Crippen LogP contribution in [0.25, 0.3) is 0 Å². The molecule has 0 aliphatic carbocycles. The van der Waals surface area contributed by atoms with Crippen molar-refractivity contribution in [3.8, 4) is 0 Å². The first-order valence-corrected chi connectivity index (χ1v) is 6.53. The van der Waals surface area contributed by atoms with E-state index in [0.717, 1.165) is 13.1 Å². The Labute approximate surface area is 95.3 Å². The summed E-state index contributed by atoms with van der Waals surface area (Å²) in [4.78, 5) is 6.87. The lowest BCUT2D eigenvalue weighted by Gasteiger charge is -2.39. The van der Waals surface area contributed by atoms with Gasteiger partial charge in [-0.05, 0) is 19.8 Å². The normalized spacial score (nSPS) is 28.1. The highest BCUT2D eigenvalue weighted by Crippen LogP contribution is 2.24. The van der Waals surface area contributed by atoms with E-state index in [1.165, 1.54) is 24.3 Å². The molecule has 1 aromatic heterocycles. The van der Waals surface area contributed by atoms with E-state index in [4.69, 9.17) is 5.73 Å². The maximum Gasteiger partial charge on any atom is 0.107 e. The molecule has 1 saturated heterocycles. The van der Waals surface area contributed by atoms with Crippen LogP contribution in [0.2, 0.25) is 0 Å². The topological polar surface area (TPSA) is 42.1 Å². The van der Waals surface area contributed by atoms with Crippen molar-refractivity contribution in [2.45, 2.75) is 44.8 Å². The summed E-state index contributed by atoms with van der Waals surface area (Å²) in [7, 11) is 0. The van der Waals surface area contributed by atoms with Gasteiger partial charge in [-0.3, -0.25) is 4.90 Å². The van der Waals surface area contributed by atoms with Crippen molar-refractivity contribution >= 4 is 11.3 Å². The standard InChI is InChI=1S/C11H19N3S/c1-9-3-2-4-10(7-12)14(9)8-11-13-5-6-15-11/h5-6,9-10H,2-4,7-8,12H2,1H3. The summed E-state index contributed by atoms with van der Waals surface area (Å²) in [5.41, 5.74) is 5.83. The van der Waals surface area contributed by atoms with Crippen molar-refractivity contribution < 1.29 is 0 Å². The van der Waals surface area contributed by atoms with Crippen LogP contribution in [-0.4, -0.2) is 28.5 Å². The van der Waals surface area contributed by atoms with Crippen LogP contribution in [0.1, 0.15) is 31.2 Å². The van der Waals surface area contributed by atoms with Crippen LogP contribution in [-0.2, 0) is 6.54 Å². The fraction of sp³-hybridized carbons (Fsp3) is 0.727. The second-order valence-corrected chi connectivity index (χ2v) is 5.25. The zero-order chi connectivity index (χ0) is 10.7. The number of thiazole rings is 1. The van der Waals surface area contributed by atoms with Crippen LogP contribution in [0.3, 0.4) is 0 Å². The van der Waals surface area contributed by atoms with Gasteiger partial charge in [-0.1, -0.05) is 6.42 Å². The van der Waals surface area contributed by atoms with Gasteiger partial charge in [0.05, 0.1) is 6.54 Å². The zero-order valence-electron chi connectivity index (χ0n) is 9.22. The largest absolute Gasteiger partial charge is 0.329 e.